The van der Waals surface area contributed by atoms with E-state index in [1.165, 1.54) is 19.3 Å². The number of amides is 1. The Labute approximate surface area is 125 Å². The topological polar surface area (TPSA) is 71.8 Å². The van der Waals surface area contributed by atoms with E-state index in [1.807, 2.05) is 4.68 Å². The Morgan fingerprint density at radius 2 is 2.24 bits per heavy atom. The van der Waals surface area contributed by atoms with Crippen LogP contribution in [0.3, 0.4) is 0 Å². The summed E-state index contributed by atoms with van der Waals surface area (Å²) in [6.45, 7) is 4.98. The molecule has 1 amide bonds. The van der Waals surface area contributed by atoms with Crippen LogP contribution in [0.25, 0.3) is 0 Å². The van der Waals surface area contributed by atoms with E-state index in [2.05, 4.69) is 27.9 Å². The van der Waals surface area contributed by atoms with Gasteiger partial charge in [-0.1, -0.05) is 18.6 Å². The SMILES string of the molecule is CCC1(CNC(=O)c2cn(C3CCNCC3)nn2)CCC1. The summed E-state index contributed by atoms with van der Waals surface area (Å²) in [6, 6.07) is 0.369. The van der Waals surface area contributed by atoms with Gasteiger partial charge in [-0.15, -0.1) is 5.10 Å². The number of aromatic nitrogens is 3. The average Bonchev–Trinajstić information content (AvgIpc) is 2.97. The zero-order valence-electron chi connectivity index (χ0n) is 12.8. The molecule has 1 aliphatic carbocycles. The van der Waals surface area contributed by atoms with Crippen molar-refractivity contribution in [2.75, 3.05) is 19.6 Å². The molecule has 0 bridgehead atoms. The third-order valence-electron chi connectivity index (χ3n) is 5.21. The Balaban J connectivity index is 1.56. The largest absolute Gasteiger partial charge is 0.350 e. The molecule has 2 fully saturated rings. The monoisotopic (exact) mass is 291 g/mol. The summed E-state index contributed by atoms with van der Waals surface area (Å²) in [5, 5.41) is 14.6. The Bertz CT molecular complexity index is 482. The molecule has 0 spiro atoms. The van der Waals surface area contributed by atoms with E-state index in [9.17, 15) is 4.79 Å². The third kappa shape index (κ3) is 3.10. The second-order valence-corrected chi connectivity index (χ2v) is 6.45. The molecule has 0 unspecified atom stereocenters. The van der Waals surface area contributed by atoms with Gasteiger partial charge in [-0.05, 0) is 50.6 Å². The minimum absolute atomic E-state index is 0.0880. The molecule has 1 aromatic rings. The van der Waals surface area contributed by atoms with Crippen LogP contribution in [0, 0.1) is 5.41 Å². The van der Waals surface area contributed by atoms with Crippen molar-refractivity contribution in [1.29, 1.82) is 0 Å². The van der Waals surface area contributed by atoms with Crippen LogP contribution in [0.4, 0.5) is 0 Å². The summed E-state index contributed by atoms with van der Waals surface area (Å²) in [7, 11) is 0. The number of piperidine rings is 1. The number of nitrogens with zero attached hydrogens (tertiary/aromatic N) is 3. The van der Waals surface area contributed by atoms with Crippen molar-refractivity contribution in [2.24, 2.45) is 5.41 Å². The zero-order chi connectivity index (χ0) is 14.7. The zero-order valence-corrected chi connectivity index (χ0v) is 12.8. The van der Waals surface area contributed by atoms with Crippen LogP contribution >= 0.6 is 0 Å². The number of hydrogen-bond acceptors (Lipinski definition) is 4. The highest BCUT2D eigenvalue weighted by Crippen LogP contribution is 2.43. The van der Waals surface area contributed by atoms with Crippen molar-refractivity contribution in [3.63, 3.8) is 0 Å². The minimum Gasteiger partial charge on any atom is -0.350 e. The van der Waals surface area contributed by atoms with Crippen LogP contribution in [0.2, 0.25) is 0 Å². The van der Waals surface area contributed by atoms with E-state index in [0.717, 1.165) is 38.9 Å². The quantitative estimate of drug-likeness (QED) is 0.862. The van der Waals surface area contributed by atoms with Gasteiger partial charge in [0, 0.05) is 6.54 Å². The molecule has 0 radical (unpaired) electrons. The molecule has 0 aromatic carbocycles. The Morgan fingerprint density at radius 3 is 2.86 bits per heavy atom. The third-order valence-corrected chi connectivity index (χ3v) is 5.21. The number of carbonyl (C=O) groups is 1. The molecule has 3 rings (SSSR count). The van der Waals surface area contributed by atoms with Crippen LogP contribution in [0.5, 0.6) is 0 Å². The molecule has 1 aromatic heterocycles. The fourth-order valence-corrected chi connectivity index (χ4v) is 3.32. The molecule has 1 aliphatic heterocycles. The van der Waals surface area contributed by atoms with E-state index in [-0.39, 0.29) is 5.91 Å². The lowest BCUT2D eigenvalue weighted by atomic mass is 9.67. The van der Waals surface area contributed by atoms with Gasteiger partial charge in [0.2, 0.25) is 0 Å². The Kier molecular flexibility index (Phi) is 4.24. The molecule has 2 heterocycles. The molecular weight excluding hydrogens is 266 g/mol. The van der Waals surface area contributed by atoms with Crippen molar-refractivity contribution in [1.82, 2.24) is 25.6 Å². The van der Waals surface area contributed by atoms with E-state index >= 15 is 0 Å². The predicted octanol–water partition coefficient (Wildman–Crippen LogP) is 1.51. The van der Waals surface area contributed by atoms with Crippen molar-refractivity contribution in [3.8, 4) is 0 Å². The summed E-state index contributed by atoms with van der Waals surface area (Å²) in [6.07, 6.45) is 8.76. The smallest absolute Gasteiger partial charge is 0.273 e. The van der Waals surface area contributed by atoms with Crippen molar-refractivity contribution in [2.45, 2.75) is 51.5 Å². The van der Waals surface area contributed by atoms with Crippen LogP contribution in [-0.4, -0.2) is 40.5 Å². The van der Waals surface area contributed by atoms with Gasteiger partial charge in [-0.2, -0.15) is 0 Å². The maximum Gasteiger partial charge on any atom is 0.273 e. The summed E-state index contributed by atoms with van der Waals surface area (Å²) >= 11 is 0. The van der Waals surface area contributed by atoms with Gasteiger partial charge in [-0.25, -0.2) is 4.68 Å². The molecule has 116 valence electrons. The van der Waals surface area contributed by atoms with Crippen molar-refractivity contribution in [3.05, 3.63) is 11.9 Å². The summed E-state index contributed by atoms with van der Waals surface area (Å²) in [5.41, 5.74) is 0.778. The van der Waals surface area contributed by atoms with E-state index in [1.54, 1.807) is 6.20 Å². The molecule has 6 heteroatoms. The summed E-state index contributed by atoms with van der Waals surface area (Å²) < 4.78 is 1.86. The number of nitrogens with one attached hydrogen (secondary N) is 2. The van der Waals surface area contributed by atoms with Gasteiger partial charge in [0.25, 0.3) is 5.91 Å². The molecule has 6 nitrogen and oxygen atoms in total. The molecule has 2 N–H and O–H groups in total. The fourth-order valence-electron chi connectivity index (χ4n) is 3.32. The van der Waals surface area contributed by atoms with E-state index in [0.29, 0.717) is 17.2 Å². The normalized spacial score (nSPS) is 21.8. The second kappa shape index (κ2) is 6.13. The highest BCUT2D eigenvalue weighted by Gasteiger charge is 2.35. The predicted molar refractivity (Wildman–Crippen MR) is 80.1 cm³/mol. The first-order valence-corrected chi connectivity index (χ1v) is 8.13. The van der Waals surface area contributed by atoms with Gasteiger partial charge in [0.1, 0.15) is 0 Å². The molecular formula is C15H25N5O. The molecule has 0 atom stereocenters. The lowest BCUT2D eigenvalue weighted by Crippen LogP contribution is -2.41. The number of carbonyl (C=O) groups excluding carboxylic acids is 1. The lowest BCUT2D eigenvalue weighted by Gasteiger charge is -2.41. The van der Waals surface area contributed by atoms with Gasteiger partial charge < -0.3 is 10.6 Å². The van der Waals surface area contributed by atoms with Crippen LogP contribution in [-0.2, 0) is 0 Å². The fraction of sp³-hybridized carbons (Fsp3) is 0.800. The Morgan fingerprint density at radius 1 is 1.48 bits per heavy atom. The number of rotatable bonds is 5. The van der Waals surface area contributed by atoms with E-state index < -0.39 is 0 Å². The highest BCUT2D eigenvalue weighted by molar-refractivity contribution is 5.91. The molecule has 1 saturated carbocycles. The maximum atomic E-state index is 12.2. The second-order valence-electron chi connectivity index (χ2n) is 6.45. The minimum atomic E-state index is -0.0880. The molecule has 21 heavy (non-hydrogen) atoms. The Hall–Kier alpha value is -1.43. The number of hydrogen-bond donors (Lipinski definition) is 2. The first-order valence-electron chi connectivity index (χ1n) is 8.13. The first kappa shape index (κ1) is 14.5. The van der Waals surface area contributed by atoms with Gasteiger partial charge in [0.05, 0.1) is 12.2 Å². The van der Waals surface area contributed by atoms with Crippen LogP contribution in [0.15, 0.2) is 6.20 Å². The maximum absolute atomic E-state index is 12.2. The van der Waals surface area contributed by atoms with E-state index in [4.69, 9.17) is 0 Å². The van der Waals surface area contributed by atoms with Gasteiger partial charge in [0.15, 0.2) is 5.69 Å². The first-order chi connectivity index (χ1) is 10.2. The standard InChI is InChI=1S/C15H25N5O/c1-2-15(6-3-7-15)11-17-14(21)13-10-20(19-18-13)12-4-8-16-9-5-12/h10,12,16H,2-9,11H2,1H3,(H,17,21). The summed E-state index contributed by atoms with van der Waals surface area (Å²) in [4.78, 5) is 12.2. The van der Waals surface area contributed by atoms with Crippen LogP contribution < -0.4 is 10.6 Å². The average molecular weight is 291 g/mol. The molecule has 1 saturated heterocycles. The lowest BCUT2D eigenvalue weighted by molar-refractivity contribution is 0.0845. The molecule has 2 aliphatic rings. The van der Waals surface area contributed by atoms with Crippen molar-refractivity contribution < 1.29 is 4.79 Å². The van der Waals surface area contributed by atoms with Crippen molar-refractivity contribution >= 4 is 5.91 Å². The highest BCUT2D eigenvalue weighted by atomic mass is 16.2. The van der Waals surface area contributed by atoms with Gasteiger partial charge >= 0.3 is 0 Å². The van der Waals surface area contributed by atoms with Crippen LogP contribution in [0.1, 0.15) is 62.0 Å². The summed E-state index contributed by atoms with van der Waals surface area (Å²) in [5.74, 6) is -0.0880. The van der Waals surface area contributed by atoms with Gasteiger partial charge in [-0.3, -0.25) is 4.79 Å².